The SMILES string of the molecule is CCNC(CCC(C)(C)C)c1ccn(-c2ccccc2)n1. The Bertz CT molecular complexity index is 537. The molecule has 0 aliphatic rings. The first kappa shape index (κ1) is 15.8. The first-order valence-corrected chi connectivity index (χ1v) is 7.84. The van der Waals surface area contributed by atoms with Gasteiger partial charge in [-0.3, -0.25) is 0 Å². The predicted octanol–water partition coefficient (Wildman–Crippen LogP) is 4.35. The molecule has 2 rings (SSSR count). The summed E-state index contributed by atoms with van der Waals surface area (Å²) in [6.07, 6.45) is 4.35. The van der Waals surface area contributed by atoms with Gasteiger partial charge in [-0.15, -0.1) is 0 Å². The number of benzene rings is 1. The molecule has 114 valence electrons. The van der Waals surface area contributed by atoms with Gasteiger partial charge < -0.3 is 5.32 Å². The van der Waals surface area contributed by atoms with Crippen LogP contribution in [-0.2, 0) is 0 Å². The van der Waals surface area contributed by atoms with Gasteiger partial charge in [-0.2, -0.15) is 5.10 Å². The van der Waals surface area contributed by atoms with Crippen LogP contribution in [0.15, 0.2) is 42.6 Å². The maximum Gasteiger partial charge on any atom is 0.0798 e. The molecule has 0 saturated carbocycles. The third kappa shape index (κ3) is 4.71. The van der Waals surface area contributed by atoms with Crippen molar-refractivity contribution in [2.24, 2.45) is 5.41 Å². The first-order chi connectivity index (χ1) is 9.99. The van der Waals surface area contributed by atoms with E-state index in [2.05, 4.69) is 51.2 Å². The molecule has 0 aliphatic carbocycles. The molecule has 1 heterocycles. The second kappa shape index (κ2) is 6.90. The van der Waals surface area contributed by atoms with Crippen molar-refractivity contribution in [3.05, 3.63) is 48.3 Å². The van der Waals surface area contributed by atoms with Crippen molar-refractivity contribution < 1.29 is 0 Å². The number of hydrogen-bond donors (Lipinski definition) is 1. The van der Waals surface area contributed by atoms with Crippen molar-refractivity contribution in [2.45, 2.75) is 46.6 Å². The van der Waals surface area contributed by atoms with Crippen molar-refractivity contribution >= 4 is 0 Å². The Morgan fingerprint density at radius 1 is 1.14 bits per heavy atom. The van der Waals surface area contributed by atoms with E-state index in [0.717, 1.165) is 24.3 Å². The Kier molecular flexibility index (Phi) is 5.18. The zero-order valence-electron chi connectivity index (χ0n) is 13.6. The molecule has 0 aliphatic heterocycles. The lowest BCUT2D eigenvalue weighted by molar-refractivity contribution is 0.331. The predicted molar refractivity (Wildman–Crippen MR) is 88.7 cm³/mol. The van der Waals surface area contributed by atoms with E-state index >= 15 is 0 Å². The lowest BCUT2D eigenvalue weighted by Crippen LogP contribution is -2.23. The highest BCUT2D eigenvalue weighted by atomic mass is 15.3. The van der Waals surface area contributed by atoms with Crippen molar-refractivity contribution in [2.75, 3.05) is 6.54 Å². The molecule has 0 spiro atoms. The number of rotatable bonds is 6. The molecular formula is C18H27N3. The highest BCUT2D eigenvalue weighted by molar-refractivity contribution is 5.30. The molecule has 21 heavy (non-hydrogen) atoms. The maximum absolute atomic E-state index is 4.75. The van der Waals surface area contributed by atoms with Gasteiger partial charge in [0.1, 0.15) is 0 Å². The lowest BCUT2D eigenvalue weighted by atomic mass is 9.88. The van der Waals surface area contributed by atoms with Crippen LogP contribution in [-0.4, -0.2) is 16.3 Å². The number of nitrogens with zero attached hydrogens (tertiary/aromatic N) is 2. The lowest BCUT2D eigenvalue weighted by Gasteiger charge is -2.22. The van der Waals surface area contributed by atoms with E-state index in [1.165, 1.54) is 6.42 Å². The van der Waals surface area contributed by atoms with Gasteiger partial charge in [-0.1, -0.05) is 45.9 Å². The van der Waals surface area contributed by atoms with Gasteiger partial charge in [-0.25, -0.2) is 4.68 Å². The van der Waals surface area contributed by atoms with Crippen LogP contribution in [0.25, 0.3) is 5.69 Å². The van der Waals surface area contributed by atoms with Crippen LogP contribution >= 0.6 is 0 Å². The van der Waals surface area contributed by atoms with Crippen LogP contribution in [0.2, 0.25) is 0 Å². The van der Waals surface area contributed by atoms with Gasteiger partial charge in [0.2, 0.25) is 0 Å². The summed E-state index contributed by atoms with van der Waals surface area (Å²) in [5.41, 5.74) is 2.59. The Hall–Kier alpha value is -1.61. The number of para-hydroxylation sites is 1. The normalized spacial score (nSPS) is 13.3. The Balaban J connectivity index is 2.12. The van der Waals surface area contributed by atoms with E-state index in [1.807, 2.05) is 29.1 Å². The second-order valence-corrected chi connectivity index (χ2v) is 6.73. The smallest absolute Gasteiger partial charge is 0.0798 e. The van der Waals surface area contributed by atoms with Crippen LogP contribution in [0, 0.1) is 5.41 Å². The van der Waals surface area contributed by atoms with Crippen LogP contribution in [0.1, 0.15) is 52.3 Å². The molecule has 0 bridgehead atoms. The zero-order chi connectivity index (χ0) is 15.3. The summed E-state index contributed by atoms with van der Waals surface area (Å²) < 4.78 is 1.96. The molecule has 1 aromatic heterocycles. The quantitative estimate of drug-likeness (QED) is 0.855. The molecule has 1 N–H and O–H groups in total. The summed E-state index contributed by atoms with van der Waals surface area (Å²) in [5.74, 6) is 0. The Morgan fingerprint density at radius 2 is 1.86 bits per heavy atom. The van der Waals surface area contributed by atoms with Gasteiger partial charge in [-0.05, 0) is 43.0 Å². The average Bonchev–Trinajstić information content (AvgIpc) is 2.93. The van der Waals surface area contributed by atoms with Crippen molar-refractivity contribution in [1.82, 2.24) is 15.1 Å². The van der Waals surface area contributed by atoms with Crippen LogP contribution < -0.4 is 5.32 Å². The van der Waals surface area contributed by atoms with Crippen molar-refractivity contribution in [1.29, 1.82) is 0 Å². The Labute approximate surface area is 128 Å². The van der Waals surface area contributed by atoms with E-state index in [-0.39, 0.29) is 0 Å². The third-order valence-electron chi connectivity index (χ3n) is 3.62. The molecule has 1 atom stereocenters. The molecule has 3 heteroatoms. The largest absolute Gasteiger partial charge is 0.309 e. The van der Waals surface area contributed by atoms with E-state index in [4.69, 9.17) is 5.10 Å². The molecule has 0 radical (unpaired) electrons. The van der Waals surface area contributed by atoms with Crippen LogP contribution in [0.5, 0.6) is 0 Å². The highest BCUT2D eigenvalue weighted by Gasteiger charge is 2.18. The first-order valence-electron chi connectivity index (χ1n) is 7.84. The molecule has 0 fully saturated rings. The summed E-state index contributed by atoms with van der Waals surface area (Å²) in [5, 5.41) is 8.31. The van der Waals surface area contributed by atoms with Crippen LogP contribution in [0.3, 0.4) is 0 Å². The molecule has 1 unspecified atom stereocenters. The molecule has 0 saturated heterocycles. The summed E-state index contributed by atoms with van der Waals surface area (Å²) in [4.78, 5) is 0. The van der Waals surface area contributed by atoms with E-state index in [9.17, 15) is 0 Å². The summed E-state index contributed by atoms with van der Waals surface area (Å²) in [7, 11) is 0. The van der Waals surface area contributed by atoms with Crippen LogP contribution in [0.4, 0.5) is 0 Å². The zero-order valence-corrected chi connectivity index (χ0v) is 13.6. The summed E-state index contributed by atoms with van der Waals surface area (Å²) in [6.45, 7) is 9.99. The summed E-state index contributed by atoms with van der Waals surface area (Å²) >= 11 is 0. The standard InChI is InChI=1S/C18H27N3/c1-5-19-16(11-13-18(2,3)4)17-12-14-21(20-17)15-9-7-6-8-10-15/h6-10,12,14,16,19H,5,11,13H2,1-4H3. The van der Waals surface area contributed by atoms with E-state index in [0.29, 0.717) is 11.5 Å². The minimum absolute atomic E-state index is 0.333. The minimum Gasteiger partial charge on any atom is -0.309 e. The van der Waals surface area contributed by atoms with Gasteiger partial charge in [0, 0.05) is 6.20 Å². The van der Waals surface area contributed by atoms with E-state index in [1.54, 1.807) is 0 Å². The fourth-order valence-electron chi connectivity index (χ4n) is 2.43. The van der Waals surface area contributed by atoms with Crippen molar-refractivity contribution in [3.63, 3.8) is 0 Å². The van der Waals surface area contributed by atoms with Crippen molar-refractivity contribution in [3.8, 4) is 5.69 Å². The maximum atomic E-state index is 4.75. The number of nitrogens with one attached hydrogen (secondary N) is 1. The molecule has 3 nitrogen and oxygen atoms in total. The fourth-order valence-corrected chi connectivity index (χ4v) is 2.43. The molecular weight excluding hydrogens is 258 g/mol. The topological polar surface area (TPSA) is 29.9 Å². The monoisotopic (exact) mass is 285 g/mol. The summed E-state index contributed by atoms with van der Waals surface area (Å²) in [6, 6.07) is 12.7. The molecule has 0 amide bonds. The number of hydrogen-bond acceptors (Lipinski definition) is 2. The van der Waals surface area contributed by atoms with Gasteiger partial charge >= 0.3 is 0 Å². The average molecular weight is 285 g/mol. The molecule has 2 aromatic rings. The van der Waals surface area contributed by atoms with Gasteiger partial charge in [0.15, 0.2) is 0 Å². The Morgan fingerprint density at radius 3 is 2.48 bits per heavy atom. The third-order valence-corrected chi connectivity index (χ3v) is 3.62. The molecule has 1 aromatic carbocycles. The highest BCUT2D eigenvalue weighted by Crippen LogP contribution is 2.27. The second-order valence-electron chi connectivity index (χ2n) is 6.73. The van der Waals surface area contributed by atoms with Gasteiger partial charge in [0.25, 0.3) is 0 Å². The number of aromatic nitrogens is 2. The minimum atomic E-state index is 0.333. The van der Waals surface area contributed by atoms with E-state index < -0.39 is 0 Å². The fraction of sp³-hybridized carbons (Fsp3) is 0.500. The van der Waals surface area contributed by atoms with Gasteiger partial charge in [0.05, 0.1) is 17.4 Å².